The van der Waals surface area contributed by atoms with Crippen LogP contribution in [0.2, 0.25) is 5.02 Å². The van der Waals surface area contributed by atoms with Crippen LogP contribution < -0.4 is 5.32 Å². The number of rotatable bonds is 3. The monoisotopic (exact) mass is 297 g/mol. The molecular formula is C15H20ClNO3. The van der Waals surface area contributed by atoms with Gasteiger partial charge in [0.25, 0.3) is 0 Å². The number of nitrogens with one attached hydrogen (secondary N) is 1. The second-order valence-electron chi connectivity index (χ2n) is 6.26. The molecule has 2 N–H and O–H groups in total. The van der Waals surface area contributed by atoms with E-state index in [0.29, 0.717) is 10.7 Å². The highest BCUT2D eigenvalue weighted by Gasteiger charge is 2.45. The largest absolute Gasteiger partial charge is 0.444 e. The molecule has 1 aromatic carbocycles. The highest BCUT2D eigenvalue weighted by atomic mass is 35.5. The van der Waals surface area contributed by atoms with Crippen LogP contribution in [0.5, 0.6) is 0 Å². The minimum absolute atomic E-state index is 0.0720. The van der Waals surface area contributed by atoms with Crippen molar-refractivity contribution in [1.82, 2.24) is 0 Å². The Morgan fingerprint density at radius 2 is 2.10 bits per heavy atom. The first-order valence-corrected chi connectivity index (χ1v) is 7.04. The molecule has 110 valence electrons. The lowest BCUT2D eigenvalue weighted by Gasteiger charge is -2.20. The van der Waals surface area contributed by atoms with Crippen molar-refractivity contribution in [3.63, 3.8) is 0 Å². The van der Waals surface area contributed by atoms with Crippen molar-refractivity contribution in [2.45, 2.75) is 44.6 Å². The number of aliphatic hydroxyl groups excluding tert-OH is 1. The lowest BCUT2D eigenvalue weighted by molar-refractivity contribution is 0.0636. The quantitative estimate of drug-likeness (QED) is 0.894. The van der Waals surface area contributed by atoms with E-state index in [4.69, 9.17) is 16.3 Å². The maximum absolute atomic E-state index is 11.7. The molecule has 1 amide bonds. The summed E-state index contributed by atoms with van der Waals surface area (Å²) in [6.45, 7) is 5.50. The molecule has 1 saturated carbocycles. The zero-order chi connectivity index (χ0) is 15.0. The van der Waals surface area contributed by atoms with Crippen LogP contribution in [0.15, 0.2) is 18.2 Å². The molecule has 1 aliphatic carbocycles. The predicted molar refractivity (Wildman–Crippen MR) is 79.3 cm³/mol. The summed E-state index contributed by atoms with van der Waals surface area (Å²) in [5.41, 5.74) is 0.735. The Kier molecular flexibility index (Phi) is 3.98. The SMILES string of the molecule is CC(C)(C)OC(=O)Nc1ccc(Cl)c(C2(CO)CC2)c1. The number of halogens is 1. The average Bonchev–Trinajstić information content (AvgIpc) is 3.10. The first kappa shape index (κ1) is 15.1. The van der Waals surface area contributed by atoms with Crippen molar-refractivity contribution >= 4 is 23.4 Å². The lowest BCUT2D eigenvalue weighted by Crippen LogP contribution is -2.27. The van der Waals surface area contributed by atoms with E-state index >= 15 is 0 Å². The van der Waals surface area contributed by atoms with Gasteiger partial charge in [-0.05, 0) is 57.4 Å². The second-order valence-corrected chi connectivity index (χ2v) is 6.67. The third-order valence-corrected chi connectivity index (χ3v) is 3.67. The smallest absolute Gasteiger partial charge is 0.412 e. The number of ether oxygens (including phenoxy) is 1. The zero-order valence-electron chi connectivity index (χ0n) is 12.0. The van der Waals surface area contributed by atoms with Crippen LogP contribution in [0, 0.1) is 0 Å². The minimum Gasteiger partial charge on any atom is -0.444 e. The third kappa shape index (κ3) is 3.44. The normalized spacial score (nSPS) is 16.6. The van der Waals surface area contributed by atoms with Crippen molar-refractivity contribution in [3.8, 4) is 0 Å². The molecule has 0 aliphatic heterocycles. The fourth-order valence-corrected chi connectivity index (χ4v) is 2.41. The molecule has 4 nitrogen and oxygen atoms in total. The summed E-state index contributed by atoms with van der Waals surface area (Å²) in [5, 5.41) is 12.8. The van der Waals surface area contributed by atoms with Gasteiger partial charge in [0.1, 0.15) is 5.60 Å². The molecule has 0 atom stereocenters. The molecule has 2 rings (SSSR count). The number of aliphatic hydroxyl groups is 1. The number of amides is 1. The molecule has 20 heavy (non-hydrogen) atoms. The van der Waals surface area contributed by atoms with E-state index in [-0.39, 0.29) is 12.0 Å². The molecule has 1 aromatic rings. The fourth-order valence-electron chi connectivity index (χ4n) is 2.09. The summed E-state index contributed by atoms with van der Waals surface area (Å²) in [7, 11) is 0. The number of anilines is 1. The van der Waals surface area contributed by atoms with E-state index in [0.717, 1.165) is 18.4 Å². The molecular weight excluding hydrogens is 278 g/mol. The Morgan fingerprint density at radius 1 is 1.45 bits per heavy atom. The molecule has 0 unspecified atom stereocenters. The van der Waals surface area contributed by atoms with Gasteiger partial charge < -0.3 is 9.84 Å². The first-order chi connectivity index (χ1) is 9.26. The Balaban J connectivity index is 2.14. The van der Waals surface area contributed by atoms with Crippen LogP contribution >= 0.6 is 11.6 Å². The maximum atomic E-state index is 11.7. The Morgan fingerprint density at radius 3 is 2.60 bits per heavy atom. The fraction of sp³-hybridized carbons (Fsp3) is 0.533. The highest BCUT2D eigenvalue weighted by Crippen LogP contribution is 2.50. The zero-order valence-corrected chi connectivity index (χ0v) is 12.8. The molecule has 1 fully saturated rings. The number of hydrogen-bond acceptors (Lipinski definition) is 3. The van der Waals surface area contributed by atoms with Gasteiger partial charge in [-0.25, -0.2) is 4.79 Å². The van der Waals surface area contributed by atoms with Crippen molar-refractivity contribution in [3.05, 3.63) is 28.8 Å². The second kappa shape index (κ2) is 5.26. The maximum Gasteiger partial charge on any atom is 0.412 e. The average molecular weight is 298 g/mol. The Hall–Kier alpha value is -1.26. The third-order valence-electron chi connectivity index (χ3n) is 3.34. The molecule has 0 saturated heterocycles. The van der Waals surface area contributed by atoms with Crippen molar-refractivity contribution in [2.24, 2.45) is 0 Å². The van der Waals surface area contributed by atoms with Crippen LogP contribution in [0.25, 0.3) is 0 Å². The summed E-state index contributed by atoms with van der Waals surface area (Å²) in [6.07, 6.45) is 1.33. The van der Waals surface area contributed by atoms with Crippen LogP contribution in [0.4, 0.5) is 10.5 Å². The van der Waals surface area contributed by atoms with Gasteiger partial charge in [-0.3, -0.25) is 5.32 Å². The van der Waals surface area contributed by atoms with Gasteiger partial charge in [0, 0.05) is 16.1 Å². The van der Waals surface area contributed by atoms with Gasteiger partial charge >= 0.3 is 6.09 Å². The molecule has 1 aliphatic rings. The van der Waals surface area contributed by atoms with Gasteiger partial charge in [0.05, 0.1) is 6.61 Å². The molecule has 0 bridgehead atoms. The van der Waals surface area contributed by atoms with E-state index in [1.165, 1.54) is 0 Å². The topological polar surface area (TPSA) is 58.6 Å². The molecule has 0 aromatic heterocycles. The van der Waals surface area contributed by atoms with E-state index < -0.39 is 11.7 Å². The van der Waals surface area contributed by atoms with E-state index in [9.17, 15) is 9.90 Å². The van der Waals surface area contributed by atoms with Gasteiger partial charge in [0.15, 0.2) is 0 Å². The van der Waals surface area contributed by atoms with E-state index in [1.54, 1.807) is 12.1 Å². The first-order valence-electron chi connectivity index (χ1n) is 6.67. The number of carbonyl (C=O) groups is 1. The van der Waals surface area contributed by atoms with Crippen LogP contribution in [-0.2, 0) is 10.2 Å². The summed E-state index contributed by atoms with van der Waals surface area (Å²) < 4.78 is 5.21. The molecule has 0 heterocycles. The van der Waals surface area contributed by atoms with E-state index in [1.807, 2.05) is 26.8 Å². The van der Waals surface area contributed by atoms with Gasteiger partial charge in [-0.15, -0.1) is 0 Å². The van der Waals surface area contributed by atoms with E-state index in [2.05, 4.69) is 5.32 Å². The number of carbonyl (C=O) groups excluding carboxylic acids is 1. The van der Waals surface area contributed by atoms with Crippen LogP contribution in [-0.4, -0.2) is 23.4 Å². The van der Waals surface area contributed by atoms with Crippen LogP contribution in [0.3, 0.4) is 0 Å². The summed E-state index contributed by atoms with van der Waals surface area (Å²) in [6, 6.07) is 5.28. The van der Waals surface area contributed by atoms with Crippen molar-refractivity contribution < 1.29 is 14.6 Å². The Bertz CT molecular complexity index is 518. The standard InChI is InChI=1S/C15H20ClNO3/c1-14(2,3)20-13(19)17-10-4-5-12(16)11(8-10)15(9-18)6-7-15/h4-5,8,18H,6-7,9H2,1-3H3,(H,17,19). The molecule has 0 spiro atoms. The van der Waals surface area contributed by atoms with Crippen molar-refractivity contribution in [2.75, 3.05) is 11.9 Å². The van der Waals surface area contributed by atoms with Gasteiger partial charge in [-0.2, -0.15) is 0 Å². The Labute approximate surface area is 124 Å². The molecule has 5 heteroatoms. The summed E-state index contributed by atoms with van der Waals surface area (Å²) in [4.78, 5) is 11.7. The summed E-state index contributed by atoms with van der Waals surface area (Å²) in [5.74, 6) is 0. The number of benzene rings is 1. The lowest BCUT2D eigenvalue weighted by atomic mass is 9.96. The highest BCUT2D eigenvalue weighted by molar-refractivity contribution is 6.31. The van der Waals surface area contributed by atoms with Gasteiger partial charge in [-0.1, -0.05) is 11.6 Å². The van der Waals surface area contributed by atoms with Crippen LogP contribution in [0.1, 0.15) is 39.2 Å². The number of hydrogen-bond donors (Lipinski definition) is 2. The predicted octanol–water partition coefficient (Wildman–Crippen LogP) is 3.71. The summed E-state index contributed by atoms with van der Waals surface area (Å²) >= 11 is 6.19. The molecule has 0 radical (unpaired) electrons. The minimum atomic E-state index is -0.540. The van der Waals surface area contributed by atoms with Gasteiger partial charge in [0.2, 0.25) is 0 Å². The van der Waals surface area contributed by atoms with Crippen molar-refractivity contribution in [1.29, 1.82) is 0 Å².